The molecule has 0 spiro atoms. The Morgan fingerprint density at radius 1 is 1.82 bits per heavy atom. The van der Waals surface area contributed by atoms with Gasteiger partial charge in [-0.2, -0.15) is 5.26 Å². The van der Waals surface area contributed by atoms with E-state index in [-0.39, 0.29) is 0 Å². The predicted octanol–water partition coefficient (Wildman–Crippen LogP) is 2.24. The fourth-order valence-electron chi connectivity index (χ4n) is 0.704. The van der Waals surface area contributed by atoms with Crippen molar-refractivity contribution in [3.8, 4) is 6.07 Å². The van der Waals surface area contributed by atoms with Gasteiger partial charge in [0, 0.05) is 5.38 Å². The fourth-order valence-corrected chi connectivity index (χ4v) is 1.48. The Kier molecular flexibility index (Phi) is 2.82. The van der Waals surface area contributed by atoms with Gasteiger partial charge in [-0.25, -0.2) is 4.98 Å². The average Bonchev–Trinajstić information content (AvgIpc) is 2.38. The van der Waals surface area contributed by atoms with Crippen molar-refractivity contribution in [2.45, 2.75) is 13.3 Å². The van der Waals surface area contributed by atoms with E-state index in [1.54, 1.807) is 11.3 Å². The lowest BCUT2D eigenvalue weighted by Gasteiger charge is -1.80. The van der Waals surface area contributed by atoms with E-state index in [9.17, 15) is 0 Å². The Hall–Kier alpha value is -1.14. The molecule has 0 saturated heterocycles. The van der Waals surface area contributed by atoms with E-state index in [2.05, 4.69) is 11.1 Å². The third-order valence-electron chi connectivity index (χ3n) is 1.14. The standard InChI is InChI=1S/C8H8N2S/c1-2-3-8-10-7(4-5-9)6-11-8/h2-3,6H,4H2,1H3/b3-2-. The molecular weight excluding hydrogens is 156 g/mol. The van der Waals surface area contributed by atoms with Gasteiger partial charge in [0.25, 0.3) is 0 Å². The minimum atomic E-state index is 0.411. The van der Waals surface area contributed by atoms with Crippen molar-refractivity contribution < 1.29 is 0 Å². The molecule has 1 aromatic heterocycles. The van der Waals surface area contributed by atoms with Crippen molar-refractivity contribution in [3.63, 3.8) is 0 Å². The molecule has 0 aliphatic rings. The largest absolute Gasteiger partial charge is 0.241 e. The van der Waals surface area contributed by atoms with E-state index >= 15 is 0 Å². The fraction of sp³-hybridized carbons (Fsp3) is 0.250. The Morgan fingerprint density at radius 2 is 2.64 bits per heavy atom. The second-order valence-corrected chi connectivity index (χ2v) is 2.90. The molecule has 0 radical (unpaired) electrons. The second kappa shape index (κ2) is 3.89. The summed E-state index contributed by atoms with van der Waals surface area (Å²) in [5.41, 5.74) is 0.866. The number of nitriles is 1. The lowest BCUT2D eigenvalue weighted by atomic mass is 10.4. The first-order valence-electron chi connectivity index (χ1n) is 3.31. The smallest absolute Gasteiger partial charge is 0.116 e. The minimum Gasteiger partial charge on any atom is -0.241 e. The zero-order chi connectivity index (χ0) is 8.10. The van der Waals surface area contributed by atoms with Gasteiger partial charge in [0.05, 0.1) is 18.2 Å². The molecule has 0 saturated carbocycles. The van der Waals surface area contributed by atoms with Crippen molar-refractivity contribution in [2.75, 3.05) is 0 Å². The van der Waals surface area contributed by atoms with Crippen molar-refractivity contribution in [1.29, 1.82) is 5.26 Å². The zero-order valence-corrected chi connectivity index (χ0v) is 7.06. The SMILES string of the molecule is C/C=C\c1nc(CC#N)cs1. The maximum Gasteiger partial charge on any atom is 0.116 e. The summed E-state index contributed by atoms with van der Waals surface area (Å²) in [7, 11) is 0. The molecule has 0 amide bonds. The van der Waals surface area contributed by atoms with Gasteiger partial charge >= 0.3 is 0 Å². The Labute approximate surface area is 69.8 Å². The minimum absolute atomic E-state index is 0.411. The van der Waals surface area contributed by atoms with E-state index in [0.29, 0.717) is 6.42 Å². The van der Waals surface area contributed by atoms with Crippen LogP contribution in [0, 0.1) is 11.3 Å². The summed E-state index contributed by atoms with van der Waals surface area (Å²) in [6.45, 7) is 1.95. The molecule has 1 aromatic rings. The summed E-state index contributed by atoms with van der Waals surface area (Å²) in [5, 5.41) is 11.2. The van der Waals surface area contributed by atoms with Crippen LogP contribution in [0.5, 0.6) is 0 Å². The van der Waals surface area contributed by atoms with Crippen molar-refractivity contribution in [3.05, 3.63) is 22.2 Å². The molecule has 11 heavy (non-hydrogen) atoms. The summed E-state index contributed by atoms with van der Waals surface area (Å²) >= 11 is 1.57. The Balaban J connectivity index is 2.75. The monoisotopic (exact) mass is 164 g/mol. The van der Waals surface area contributed by atoms with Crippen LogP contribution in [0.25, 0.3) is 6.08 Å². The lowest BCUT2D eigenvalue weighted by molar-refractivity contribution is 1.15. The van der Waals surface area contributed by atoms with Crippen LogP contribution in [-0.4, -0.2) is 4.98 Å². The van der Waals surface area contributed by atoms with Crippen LogP contribution < -0.4 is 0 Å². The quantitative estimate of drug-likeness (QED) is 0.672. The third-order valence-corrected chi connectivity index (χ3v) is 2.00. The zero-order valence-electron chi connectivity index (χ0n) is 6.24. The number of nitrogens with zero attached hydrogens (tertiary/aromatic N) is 2. The van der Waals surface area contributed by atoms with Gasteiger partial charge in [-0.3, -0.25) is 0 Å². The average molecular weight is 164 g/mol. The van der Waals surface area contributed by atoms with E-state index in [4.69, 9.17) is 5.26 Å². The number of hydrogen-bond donors (Lipinski definition) is 0. The van der Waals surface area contributed by atoms with E-state index < -0.39 is 0 Å². The number of allylic oxidation sites excluding steroid dienone is 1. The third kappa shape index (κ3) is 2.17. The highest BCUT2D eigenvalue weighted by atomic mass is 32.1. The second-order valence-electron chi connectivity index (χ2n) is 2.01. The Morgan fingerprint density at radius 3 is 3.27 bits per heavy atom. The van der Waals surface area contributed by atoms with Gasteiger partial charge in [0.2, 0.25) is 0 Å². The Bertz CT molecular complexity index is 293. The van der Waals surface area contributed by atoms with Crippen LogP contribution in [0.15, 0.2) is 11.5 Å². The topological polar surface area (TPSA) is 36.7 Å². The van der Waals surface area contributed by atoms with E-state index in [1.165, 1.54) is 0 Å². The number of hydrogen-bond acceptors (Lipinski definition) is 3. The number of thiazole rings is 1. The summed E-state index contributed by atoms with van der Waals surface area (Å²) in [6, 6.07) is 2.06. The molecule has 0 atom stereocenters. The first-order valence-corrected chi connectivity index (χ1v) is 4.19. The molecule has 1 heterocycles. The van der Waals surface area contributed by atoms with Crippen LogP contribution >= 0.6 is 11.3 Å². The van der Waals surface area contributed by atoms with Gasteiger partial charge in [-0.1, -0.05) is 6.08 Å². The highest BCUT2D eigenvalue weighted by Crippen LogP contribution is 2.11. The summed E-state index contributed by atoms with van der Waals surface area (Å²) in [6.07, 6.45) is 4.29. The molecule has 3 heteroatoms. The summed E-state index contributed by atoms with van der Waals surface area (Å²) < 4.78 is 0. The molecule has 0 fully saturated rings. The van der Waals surface area contributed by atoms with Crippen LogP contribution in [0.3, 0.4) is 0 Å². The predicted molar refractivity (Wildman–Crippen MR) is 46.1 cm³/mol. The van der Waals surface area contributed by atoms with Crippen LogP contribution in [0.4, 0.5) is 0 Å². The first-order chi connectivity index (χ1) is 5.36. The lowest BCUT2D eigenvalue weighted by Crippen LogP contribution is -1.79. The molecule has 0 aliphatic carbocycles. The van der Waals surface area contributed by atoms with Crippen LogP contribution in [0.2, 0.25) is 0 Å². The number of rotatable bonds is 2. The van der Waals surface area contributed by atoms with Gasteiger partial charge in [-0.15, -0.1) is 11.3 Å². The van der Waals surface area contributed by atoms with E-state index in [0.717, 1.165) is 10.7 Å². The van der Waals surface area contributed by atoms with Crippen molar-refractivity contribution in [1.82, 2.24) is 4.98 Å². The van der Waals surface area contributed by atoms with Crippen LogP contribution in [-0.2, 0) is 6.42 Å². The molecule has 2 nitrogen and oxygen atoms in total. The maximum absolute atomic E-state index is 8.36. The molecule has 56 valence electrons. The summed E-state index contributed by atoms with van der Waals surface area (Å²) in [5.74, 6) is 0. The van der Waals surface area contributed by atoms with Gasteiger partial charge < -0.3 is 0 Å². The normalized spacial score (nSPS) is 10.2. The molecule has 0 aromatic carbocycles. The molecule has 0 aliphatic heterocycles. The molecule has 0 unspecified atom stereocenters. The van der Waals surface area contributed by atoms with E-state index in [1.807, 2.05) is 24.5 Å². The molecule has 0 bridgehead atoms. The highest BCUT2D eigenvalue weighted by Gasteiger charge is 1.96. The van der Waals surface area contributed by atoms with Crippen molar-refractivity contribution in [2.24, 2.45) is 0 Å². The van der Waals surface area contributed by atoms with Crippen LogP contribution in [0.1, 0.15) is 17.6 Å². The molecule has 0 N–H and O–H groups in total. The highest BCUT2D eigenvalue weighted by molar-refractivity contribution is 7.10. The van der Waals surface area contributed by atoms with Gasteiger partial charge in [0.15, 0.2) is 0 Å². The molecular formula is C8H8N2S. The first kappa shape index (κ1) is 7.96. The number of aromatic nitrogens is 1. The summed E-state index contributed by atoms with van der Waals surface area (Å²) in [4.78, 5) is 4.20. The van der Waals surface area contributed by atoms with Gasteiger partial charge in [0.1, 0.15) is 5.01 Å². The van der Waals surface area contributed by atoms with Crippen molar-refractivity contribution >= 4 is 17.4 Å². The molecule has 1 rings (SSSR count). The maximum atomic E-state index is 8.36. The van der Waals surface area contributed by atoms with Gasteiger partial charge in [-0.05, 0) is 13.0 Å².